The van der Waals surface area contributed by atoms with Gasteiger partial charge in [0, 0.05) is 57.3 Å². The SMILES string of the molecule is COc1ccc(N2CCN(c3ncc(C(=O)N4CCCCCC4)cn3)CC2)cc1. The van der Waals surface area contributed by atoms with Crippen molar-refractivity contribution in [3.8, 4) is 5.75 Å². The monoisotopic (exact) mass is 395 g/mol. The molecule has 7 nitrogen and oxygen atoms in total. The second-order valence-electron chi connectivity index (χ2n) is 7.65. The molecule has 2 saturated heterocycles. The third kappa shape index (κ3) is 4.60. The van der Waals surface area contributed by atoms with Crippen LogP contribution in [0, 0.1) is 0 Å². The van der Waals surface area contributed by atoms with E-state index in [2.05, 4.69) is 31.9 Å². The highest BCUT2D eigenvalue weighted by molar-refractivity contribution is 5.93. The van der Waals surface area contributed by atoms with Crippen LogP contribution in [0.5, 0.6) is 5.75 Å². The van der Waals surface area contributed by atoms with Gasteiger partial charge in [-0.1, -0.05) is 12.8 Å². The van der Waals surface area contributed by atoms with Gasteiger partial charge in [0.05, 0.1) is 12.7 Å². The van der Waals surface area contributed by atoms with Crippen molar-refractivity contribution >= 4 is 17.5 Å². The molecule has 2 aliphatic heterocycles. The van der Waals surface area contributed by atoms with Crippen LogP contribution in [0.25, 0.3) is 0 Å². The molecule has 0 bridgehead atoms. The number of amides is 1. The Hall–Kier alpha value is -2.83. The number of carbonyl (C=O) groups is 1. The summed E-state index contributed by atoms with van der Waals surface area (Å²) in [5.41, 5.74) is 1.79. The first-order valence-electron chi connectivity index (χ1n) is 10.5. The fourth-order valence-electron chi connectivity index (χ4n) is 4.01. The van der Waals surface area contributed by atoms with Crippen molar-refractivity contribution in [3.63, 3.8) is 0 Å². The summed E-state index contributed by atoms with van der Waals surface area (Å²) in [6, 6.07) is 8.16. The van der Waals surface area contributed by atoms with Gasteiger partial charge in [-0.2, -0.15) is 0 Å². The third-order valence-electron chi connectivity index (χ3n) is 5.78. The fourth-order valence-corrected chi connectivity index (χ4v) is 4.01. The zero-order chi connectivity index (χ0) is 20.1. The van der Waals surface area contributed by atoms with Gasteiger partial charge in [-0.05, 0) is 37.1 Å². The summed E-state index contributed by atoms with van der Waals surface area (Å²) in [6.07, 6.45) is 7.96. The molecule has 3 heterocycles. The largest absolute Gasteiger partial charge is 0.497 e. The molecule has 2 aliphatic rings. The van der Waals surface area contributed by atoms with E-state index in [1.807, 2.05) is 17.0 Å². The number of piperazine rings is 1. The molecular weight excluding hydrogens is 366 g/mol. The Balaban J connectivity index is 1.34. The van der Waals surface area contributed by atoms with E-state index in [9.17, 15) is 4.79 Å². The molecule has 1 amide bonds. The molecular formula is C22H29N5O2. The zero-order valence-corrected chi connectivity index (χ0v) is 17.1. The molecule has 0 saturated carbocycles. The summed E-state index contributed by atoms with van der Waals surface area (Å²) in [5.74, 6) is 1.63. The number of carbonyl (C=O) groups excluding carboxylic acids is 1. The van der Waals surface area contributed by atoms with Gasteiger partial charge in [0.2, 0.25) is 5.95 Å². The number of likely N-dealkylation sites (tertiary alicyclic amines) is 1. The van der Waals surface area contributed by atoms with Crippen molar-refractivity contribution in [1.82, 2.24) is 14.9 Å². The van der Waals surface area contributed by atoms with Crippen LogP contribution in [0.1, 0.15) is 36.0 Å². The van der Waals surface area contributed by atoms with Crippen LogP contribution in [-0.2, 0) is 0 Å². The van der Waals surface area contributed by atoms with E-state index < -0.39 is 0 Å². The first-order chi connectivity index (χ1) is 14.2. The predicted molar refractivity (Wildman–Crippen MR) is 114 cm³/mol. The van der Waals surface area contributed by atoms with Gasteiger partial charge in [-0.3, -0.25) is 4.79 Å². The van der Waals surface area contributed by atoms with Crippen LogP contribution in [0.15, 0.2) is 36.7 Å². The Kier molecular flexibility index (Phi) is 6.12. The number of methoxy groups -OCH3 is 1. The van der Waals surface area contributed by atoms with Crippen LogP contribution >= 0.6 is 0 Å². The standard InChI is InChI=1S/C22H29N5O2/c1-29-20-8-6-19(7-9-20)25-12-14-27(15-13-25)22-23-16-18(17-24-22)21(28)26-10-4-2-3-5-11-26/h6-9,16-17H,2-5,10-15H2,1H3. The molecule has 154 valence electrons. The van der Waals surface area contributed by atoms with E-state index in [4.69, 9.17) is 4.74 Å². The Morgan fingerprint density at radius 2 is 1.41 bits per heavy atom. The Labute approximate surface area is 172 Å². The van der Waals surface area contributed by atoms with Gasteiger partial charge < -0.3 is 19.4 Å². The van der Waals surface area contributed by atoms with Gasteiger partial charge in [0.15, 0.2) is 0 Å². The quantitative estimate of drug-likeness (QED) is 0.793. The normalized spacial score (nSPS) is 17.8. The maximum Gasteiger partial charge on any atom is 0.256 e. The third-order valence-corrected chi connectivity index (χ3v) is 5.78. The molecule has 0 unspecified atom stereocenters. The predicted octanol–water partition coefficient (Wildman–Crippen LogP) is 2.83. The smallest absolute Gasteiger partial charge is 0.256 e. The molecule has 0 spiro atoms. The number of nitrogens with zero attached hydrogens (tertiary/aromatic N) is 5. The lowest BCUT2D eigenvalue weighted by molar-refractivity contribution is 0.0761. The van der Waals surface area contributed by atoms with Crippen LogP contribution in [-0.4, -0.2) is 67.2 Å². The molecule has 1 aromatic carbocycles. The van der Waals surface area contributed by atoms with Crippen LogP contribution in [0.3, 0.4) is 0 Å². The molecule has 7 heteroatoms. The van der Waals surface area contributed by atoms with Crippen molar-refractivity contribution in [1.29, 1.82) is 0 Å². The van der Waals surface area contributed by atoms with Gasteiger partial charge in [-0.15, -0.1) is 0 Å². The molecule has 0 aliphatic carbocycles. The van der Waals surface area contributed by atoms with Gasteiger partial charge in [0.1, 0.15) is 5.75 Å². The number of hydrogen-bond acceptors (Lipinski definition) is 6. The highest BCUT2D eigenvalue weighted by Crippen LogP contribution is 2.21. The van der Waals surface area contributed by atoms with Crippen molar-refractivity contribution < 1.29 is 9.53 Å². The maximum atomic E-state index is 12.7. The van der Waals surface area contributed by atoms with E-state index >= 15 is 0 Å². The second-order valence-corrected chi connectivity index (χ2v) is 7.65. The summed E-state index contributed by atoms with van der Waals surface area (Å²) < 4.78 is 5.23. The first-order valence-corrected chi connectivity index (χ1v) is 10.5. The number of rotatable bonds is 4. The maximum absolute atomic E-state index is 12.7. The molecule has 2 aromatic rings. The highest BCUT2D eigenvalue weighted by Gasteiger charge is 2.21. The molecule has 4 rings (SSSR count). The Morgan fingerprint density at radius 1 is 0.828 bits per heavy atom. The topological polar surface area (TPSA) is 61.8 Å². The first kappa shape index (κ1) is 19.5. The van der Waals surface area contributed by atoms with Gasteiger partial charge >= 0.3 is 0 Å². The lowest BCUT2D eigenvalue weighted by atomic mass is 10.2. The van der Waals surface area contributed by atoms with Crippen molar-refractivity contribution in [3.05, 3.63) is 42.2 Å². The lowest BCUT2D eigenvalue weighted by Crippen LogP contribution is -2.47. The van der Waals surface area contributed by atoms with Crippen LogP contribution < -0.4 is 14.5 Å². The number of ether oxygens (including phenoxy) is 1. The van der Waals surface area contributed by atoms with Gasteiger partial charge in [-0.25, -0.2) is 9.97 Å². The molecule has 2 fully saturated rings. The molecule has 0 radical (unpaired) electrons. The molecule has 29 heavy (non-hydrogen) atoms. The number of benzene rings is 1. The average Bonchev–Trinajstić information content (AvgIpc) is 3.09. The number of anilines is 2. The van der Waals surface area contributed by atoms with E-state index in [0.717, 1.165) is 57.9 Å². The van der Waals surface area contributed by atoms with E-state index in [1.165, 1.54) is 18.5 Å². The van der Waals surface area contributed by atoms with E-state index in [1.54, 1.807) is 19.5 Å². The number of aromatic nitrogens is 2. The Morgan fingerprint density at radius 3 is 2.00 bits per heavy atom. The van der Waals surface area contributed by atoms with Gasteiger partial charge in [0.25, 0.3) is 5.91 Å². The summed E-state index contributed by atoms with van der Waals surface area (Å²) >= 11 is 0. The summed E-state index contributed by atoms with van der Waals surface area (Å²) in [5, 5.41) is 0. The number of hydrogen-bond donors (Lipinski definition) is 0. The fraction of sp³-hybridized carbons (Fsp3) is 0.500. The van der Waals surface area contributed by atoms with E-state index in [0.29, 0.717) is 11.5 Å². The summed E-state index contributed by atoms with van der Waals surface area (Å²) in [7, 11) is 1.68. The summed E-state index contributed by atoms with van der Waals surface area (Å²) in [6.45, 7) is 5.20. The van der Waals surface area contributed by atoms with Crippen LogP contribution in [0.4, 0.5) is 11.6 Å². The van der Waals surface area contributed by atoms with Crippen LogP contribution in [0.2, 0.25) is 0 Å². The minimum atomic E-state index is 0.0581. The second kappa shape index (κ2) is 9.11. The van der Waals surface area contributed by atoms with E-state index in [-0.39, 0.29) is 5.91 Å². The highest BCUT2D eigenvalue weighted by atomic mass is 16.5. The van der Waals surface area contributed by atoms with Crippen molar-refractivity contribution in [2.24, 2.45) is 0 Å². The zero-order valence-electron chi connectivity index (χ0n) is 17.1. The lowest BCUT2D eigenvalue weighted by Gasteiger charge is -2.36. The van der Waals surface area contributed by atoms with Crippen molar-refractivity contribution in [2.75, 3.05) is 56.2 Å². The van der Waals surface area contributed by atoms with Crippen molar-refractivity contribution in [2.45, 2.75) is 25.7 Å². The minimum Gasteiger partial charge on any atom is -0.497 e. The summed E-state index contributed by atoms with van der Waals surface area (Å²) in [4.78, 5) is 28.2. The Bertz CT molecular complexity index is 793. The minimum absolute atomic E-state index is 0.0581. The molecule has 0 N–H and O–H groups in total. The molecule has 1 aromatic heterocycles. The average molecular weight is 396 g/mol. The molecule has 0 atom stereocenters.